The molecule has 1 aromatic carbocycles. The van der Waals surface area contributed by atoms with Crippen LogP contribution in [0.4, 0.5) is 11.4 Å². The molecule has 3 N–H and O–H groups in total. The van der Waals surface area contributed by atoms with E-state index in [1.54, 1.807) is 12.4 Å². The van der Waals surface area contributed by atoms with Gasteiger partial charge in [0.25, 0.3) is 0 Å². The fraction of sp³-hybridized carbons (Fsp3) is 0.182. The first-order valence-electron chi connectivity index (χ1n) is 4.74. The van der Waals surface area contributed by atoms with Crippen LogP contribution >= 0.6 is 0 Å². The van der Waals surface area contributed by atoms with Crippen LogP contribution in [0.1, 0.15) is 0 Å². The fourth-order valence-corrected chi connectivity index (χ4v) is 1.55. The summed E-state index contributed by atoms with van der Waals surface area (Å²) in [6.07, 6.45) is 3.55. The predicted octanol–water partition coefficient (Wildman–Crippen LogP) is 1.71. The van der Waals surface area contributed by atoms with Crippen LogP contribution < -0.4 is 11.2 Å². The number of nitrogen functional groups attached to an aromatic ring is 1. The van der Waals surface area contributed by atoms with Crippen LogP contribution in [0.5, 0.6) is 0 Å². The summed E-state index contributed by atoms with van der Waals surface area (Å²) in [5, 5.41) is 3.95. The number of nitrogens with one attached hydrogen (secondary N) is 1. The Kier molecular flexibility index (Phi) is 2.43. The van der Waals surface area contributed by atoms with E-state index >= 15 is 0 Å². The number of fused-ring (bicyclic) bond motifs is 1. The first-order chi connectivity index (χ1) is 7.18. The Morgan fingerprint density at radius 1 is 1.20 bits per heavy atom. The van der Waals surface area contributed by atoms with Crippen molar-refractivity contribution in [1.29, 1.82) is 0 Å². The van der Waals surface area contributed by atoms with Crippen molar-refractivity contribution in [2.75, 3.05) is 25.3 Å². The van der Waals surface area contributed by atoms with Gasteiger partial charge in [0.2, 0.25) is 0 Å². The van der Waals surface area contributed by atoms with Crippen molar-refractivity contribution in [3.05, 3.63) is 30.6 Å². The summed E-state index contributed by atoms with van der Waals surface area (Å²) in [6.45, 7) is 0. The number of nitrogens with two attached hydrogens (primary N) is 1. The van der Waals surface area contributed by atoms with Crippen molar-refractivity contribution < 1.29 is 0 Å². The first-order valence-corrected chi connectivity index (χ1v) is 4.74. The second-order valence-electron chi connectivity index (χ2n) is 3.63. The maximum Gasteiger partial charge on any atom is 0.0570 e. The summed E-state index contributed by atoms with van der Waals surface area (Å²) >= 11 is 0. The van der Waals surface area contributed by atoms with Crippen LogP contribution in [0.25, 0.3) is 10.8 Å². The third-order valence-electron chi connectivity index (χ3n) is 2.20. The molecule has 4 nitrogen and oxygen atoms in total. The van der Waals surface area contributed by atoms with Gasteiger partial charge in [0, 0.05) is 42.9 Å². The van der Waals surface area contributed by atoms with Gasteiger partial charge in [0.1, 0.15) is 0 Å². The normalized spacial score (nSPS) is 10.9. The Bertz CT molecular complexity index is 479. The molecule has 0 saturated carbocycles. The summed E-state index contributed by atoms with van der Waals surface area (Å²) in [5.41, 5.74) is 10.9. The molecule has 2 aromatic rings. The van der Waals surface area contributed by atoms with Gasteiger partial charge in [0.15, 0.2) is 0 Å². The molecule has 0 unspecified atom stereocenters. The molecule has 0 radical (unpaired) electrons. The van der Waals surface area contributed by atoms with Gasteiger partial charge in [0.05, 0.1) is 5.69 Å². The Hall–Kier alpha value is -1.81. The first kappa shape index (κ1) is 9.73. The molecule has 0 spiro atoms. The molecule has 0 fully saturated rings. The van der Waals surface area contributed by atoms with Crippen LogP contribution in [0.3, 0.4) is 0 Å². The largest absolute Gasteiger partial charge is 0.398 e. The van der Waals surface area contributed by atoms with E-state index in [-0.39, 0.29) is 0 Å². The minimum absolute atomic E-state index is 0.752. The number of nitrogens with zero attached hydrogens (tertiary/aromatic N) is 2. The molecular weight excluding hydrogens is 188 g/mol. The van der Waals surface area contributed by atoms with Gasteiger partial charge < -0.3 is 11.2 Å². The van der Waals surface area contributed by atoms with Gasteiger partial charge in [-0.05, 0) is 18.2 Å². The second-order valence-corrected chi connectivity index (χ2v) is 3.63. The lowest BCUT2D eigenvalue weighted by Crippen LogP contribution is -2.19. The van der Waals surface area contributed by atoms with E-state index < -0.39 is 0 Å². The van der Waals surface area contributed by atoms with E-state index in [2.05, 4.69) is 10.4 Å². The zero-order valence-corrected chi connectivity index (χ0v) is 8.86. The molecular formula is C11H14N4. The topological polar surface area (TPSA) is 54.2 Å². The minimum Gasteiger partial charge on any atom is -0.398 e. The highest BCUT2D eigenvalue weighted by atomic mass is 15.5. The fourth-order valence-electron chi connectivity index (χ4n) is 1.55. The molecule has 4 heteroatoms. The lowest BCUT2D eigenvalue weighted by Gasteiger charge is -2.16. The molecule has 0 aliphatic carbocycles. The molecule has 15 heavy (non-hydrogen) atoms. The van der Waals surface area contributed by atoms with Crippen molar-refractivity contribution in [3.63, 3.8) is 0 Å². The molecule has 0 amide bonds. The predicted molar refractivity (Wildman–Crippen MR) is 63.5 cm³/mol. The summed E-state index contributed by atoms with van der Waals surface area (Å²) in [6, 6.07) is 5.81. The number of pyridine rings is 1. The summed E-state index contributed by atoms with van der Waals surface area (Å²) < 4.78 is 0. The molecule has 1 heterocycles. The van der Waals surface area contributed by atoms with Crippen LogP contribution in [0, 0.1) is 0 Å². The summed E-state index contributed by atoms with van der Waals surface area (Å²) in [5.74, 6) is 0. The van der Waals surface area contributed by atoms with E-state index in [9.17, 15) is 0 Å². The zero-order chi connectivity index (χ0) is 10.8. The lowest BCUT2D eigenvalue weighted by atomic mass is 10.1. The Morgan fingerprint density at radius 2 is 2.00 bits per heavy atom. The Labute approximate surface area is 88.7 Å². The van der Waals surface area contributed by atoms with Gasteiger partial charge in [-0.2, -0.15) is 0 Å². The van der Waals surface area contributed by atoms with Gasteiger partial charge in [-0.15, -0.1) is 0 Å². The van der Waals surface area contributed by atoms with E-state index in [0.717, 1.165) is 22.1 Å². The number of hydrazine groups is 1. The van der Waals surface area contributed by atoms with Gasteiger partial charge in [-0.25, -0.2) is 5.01 Å². The number of rotatable bonds is 2. The molecule has 0 aliphatic heterocycles. The molecule has 0 saturated heterocycles. The Balaban J connectivity index is 2.61. The van der Waals surface area contributed by atoms with Crippen LogP contribution in [-0.4, -0.2) is 24.1 Å². The standard InChI is InChI=1S/C11H14N4/c1-15(2)14-11-4-3-10(12)9-7-13-6-5-8(9)11/h3-7,14H,12H2,1-2H3. The van der Waals surface area contributed by atoms with Gasteiger partial charge in [-0.3, -0.25) is 4.98 Å². The summed E-state index contributed by atoms with van der Waals surface area (Å²) in [4.78, 5) is 4.07. The van der Waals surface area contributed by atoms with Crippen molar-refractivity contribution in [2.24, 2.45) is 0 Å². The number of aromatic nitrogens is 1. The van der Waals surface area contributed by atoms with Crippen molar-refractivity contribution in [2.45, 2.75) is 0 Å². The minimum atomic E-state index is 0.752. The SMILES string of the molecule is CN(C)Nc1ccc(N)c2cnccc12. The highest BCUT2D eigenvalue weighted by Gasteiger charge is 2.03. The molecule has 1 aromatic heterocycles. The van der Waals surface area contributed by atoms with Crippen LogP contribution in [-0.2, 0) is 0 Å². The van der Waals surface area contributed by atoms with E-state index in [1.807, 2.05) is 37.3 Å². The van der Waals surface area contributed by atoms with E-state index in [4.69, 9.17) is 5.73 Å². The smallest absolute Gasteiger partial charge is 0.0570 e. The summed E-state index contributed by atoms with van der Waals surface area (Å²) in [7, 11) is 3.90. The second kappa shape index (κ2) is 3.74. The monoisotopic (exact) mass is 202 g/mol. The Morgan fingerprint density at radius 3 is 2.73 bits per heavy atom. The molecule has 0 aliphatic rings. The van der Waals surface area contributed by atoms with Crippen LogP contribution in [0.15, 0.2) is 30.6 Å². The maximum atomic E-state index is 5.87. The quantitative estimate of drug-likeness (QED) is 0.575. The highest BCUT2D eigenvalue weighted by molar-refractivity contribution is 6.00. The number of benzene rings is 1. The number of anilines is 2. The zero-order valence-electron chi connectivity index (χ0n) is 8.86. The maximum absolute atomic E-state index is 5.87. The van der Waals surface area contributed by atoms with Crippen molar-refractivity contribution in [3.8, 4) is 0 Å². The number of hydrogen-bond donors (Lipinski definition) is 2. The lowest BCUT2D eigenvalue weighted by molar-refractivity contribution is 0.496. The third kappa shape index (κ3) is 1.85. The average molecular weight is 202 g/mol. The van der Waals surface area contributed by atoms with Crippen molar-refractivity contribution in [1.82, 2.24) is 9.99 Å². The molecule has 78 valence electrons. The highest BCUT2D eigenvalue weighted by Crippen LogP contribution is 2.27. The molecule has 0 atom stereocenters. The van der Waals surface area contributed by atoms with Gasteiger partial charge >= 0.3 is 0 Å². The van der Waals surface area contributed by atoms with E-state index in [1.165, 1.54) is 0 Å². The molecule has 2 rings (SSSR count). The molecule has 0 bridgehead atoms. The van der Waals surface area contributed by atoms with Crippen LogP contribution in [0.2, 0.25) is 0 Å². The third-order valence-corrected chi connectivity index (χ3v) is 2.20. The van der Waals surface area contributed by atoms with E-state index in [0.29, 0.717) is 0 Å². The van der Waals surface area contributed by atoms with Crippen molar-refractivity contribution >= 4 is 22.1 Å². The van der Waals surface area contributed by atoms with Gasteiger partial charge in [-0.1, -0.05) is 0 Å². The average Bonchev–Trinajstić information content (AvgIpc) is 2.22. The number of hydrogen-bond acceptors (Lipinski definition) is 4.